The van der Waals surface area contributed by atoms with E-state index < -0.39 is 6.10 Å². The van der Waals surface area contributed by atoms with Crippen LogP contribution in [0.3, 0.4) is 0 Å². The Morgan fingerprint density at radius 2 is 0.481 bits per heavy atom. The van der Waals surface area contributed by atoms with E-state index in [1.54, 1.807) is 0 Å². The van der Waals surface area contributed by atoms with E-state index in [0.29, 0.717) is 19.3 Å². The van der Waals surface area contributed by atoms with Gasteiger partial charge in [0.15, 0.2) is 6.10 Å². The highest BCUT2D eigenvalue weighted by Gasteiger charge is 2.19. The average molecular weight is 1120 g/mol. The Bertz CT molecular complexity index is 1720. The second-order valence-electron chi connectivity index (χ2n) is 22.0. The minimum atomic E-state index is -0.799. The Balaban J connectivity index is 4.45. The van der Waals surface area contributed by atoms with Crippen molar-refractivity contribution in [3.63, 3.8) is 0 Å². The number of allylic oxidation sites excluding steroid dienone is 22. The van der Waals surface area contributed by atoms with E-state index in [4.69, 9.17) is 14.2 Å². The lowest BCUT2D eigenvalue weighted by atomic mass is 10.1. The number of ether oxygens (including phenoxy) is 3. The van der Waals surface area contributed by atoms with Crippen LogP contribution in [-0.4, -0.2) is 37.2 Å². The molecular formula is C75H124O6. The van der Waals surface area contributed by atoms with Crippen LogP contribution in [0, 0.1) is 0 Å². The van der Waals surface area contributed by atoms with E-state index in [1.165, 1.54) is 122 Å². The van der Waals surface area contributed by atoms with Crippen molar-refractivity contribution in [2.45, 2.75) is 309 Å². The first-order chi connectivity index (χ1) is 40.0. The summed E-state index contributed by atoms with van der Waals surface area (Å²) in [5.74, 6) is -0.913. The largest absolute Gasteiger partial charge is 0.462 e. The van der Waals surface area contributed by atoms with Crippen LogP contribution in [0.5, 0.6) is 0 Å². The predicted octanol–water partition coefficient (Wildman–Crippen LogP) is 23.3. The van der Waals surface area contributed by atoms with Crippen LogP contribution >= 0.6 is 0 Å². The molecule has 460 valence electrons. The lowest BCUT2D eigenvalue weighted by Crippen LogP contribution is -2.30. The van der Waals surface area contributed by atoms with E-state index in [1.807, 2.05) is 0 Å². The zero-order chi connectivity index (χ0) is 58.5. The molecule has 1 unspecified atom stereocenters. The molecule has 1 atom stereocenters. The average Bonchev–Trinajstić information content (AvgIpc) is 3.47. The number of esters is 3. The van der Waals surface area contributed by atoms with Crippen LogP contribution < -0.4 is 0 Å². The molecule has 6 heteroatoms. The van der Waals surface area contributed by atoms with Gasteiger partial charge in [0.1, 0.15) is 13.2 Å². The van der Waals surface area contributed by atoms with Gasteiger partial charge in [-0.25, -0.2) is 0 Å². The van der Waals surface area contributed by atoms with Crippen LogP contribution in [0.4, 0.5) is 0 Å². The van der Waals surface area contributed by atoms with E-state index in [2.05, 4.69) is 154 Å². The van der Waals surface area contributed by atoms with Crippen LogP contribution in [0.1, 0.15) is 303 Å². The third kappa shape index (κ3) is 66.2. The number of hydrogen-bond acceptors (Lipinski definition) is 6. The lowest BCUT2D eigenvalue weighted by Gasteiger charge is -2.18. The maximum absolute atomic E-state index is 13.0. The van der Waals surface area contributed by atoms with Gasteiger partial charge in [-0.05, 0) is 135 Å². The Morgan fingerprint density at radius 1 is 0.259 bits per heavy atom. The SMILES string of the molecule is CC/C=C\C/C=C\C/C=C\C/C=C\C/C=C\CCCCCCCC(=O)OC(COC(=O)CCCCCCCCCCC/C=C\C/C=C\CCCCC)COC(=O)CCCCCCCCCCCC/C=C\C/C=C\C/C=C\C/C=C\CC. The van der Waals surface area contributed by atoms with Crippen molar-refractivity contribution in [2.75, 3.05) is 13.2 Å². The zero-order valence-corrected chi connectivity index (χ0v) is 52.8. The Kier molecular flexibility index (Phi) is 64.3. The molecule has 0 N–H and O–H groups in total. The van der Waals surface area contributed by atoms with Crippen LogP contribution in [-0.2, 0) is 28.6 Å². The van der Waals surface area contributed by atoms with Gasteiger partial charge >= 0.3 is 17.9 Å². The van der Waals surface area contributed by atoms with Gasteiger partial charge < -0.3 is 14.2 Å². The molecule has 0 aliphatic heterocycles. The second-order valence-corrected chi connectivity index (χ2v) is 22.0. The van der Waals surface area contributed by atoms with Gasteiger partial charge in [-0.3, -0.25) is 14.4 Å². The minimum Gasteiger partial charge on any atom is -0.462 e. The van der Waals surface area contributed by atoms with E-state index >= 15 is 0 Å². The summed E-state index contributed by atoms with van der Waals surface area (Å²) >= 11 is 0. The molecule has 0 rings (SSSR count). The predicted molar refractivity (Wildman–Crippen MR) is 353 cm³/mol. The van der Waals surface area contributed by atoms with E-state index in [0.717, 1.165) is 141 Å². The highest BCUT2D eigenvalue weighted by molar-refractivity contribution is 5.71. The fraction of sp³-hybridized carbons (Fsp3) is 0.667. The van der Waals surface area contributed by atoms with Crippen molar-refractivity contribution < 1.29 is 28.6 Å². The normalized spacial score (nSPS) is 13.0. The Morgan fingerprint density at radius 3 is 0.753 bits per heavy atom. The molecule has 0 aromatic carbocycles. The highest BCUT2D eigenvalue weighted by atomic mass is 16.6. The fourth-order valence-corrected chi connectivity index (χ4v) is 9.14. The molecule has 0 aliphatic carbocycles. The lowest BCUT2D eigenvalue weighted by molar-refractivity contribution is -0.167. The zero-order valence-electron chi connectivity index (χ0n) is 52.8. The second kappa shape index (κ2) is 68.1. The van der Waals surface area contributed by atoms with Gasteiger partial charge in [0, 0.05) is 19.3 Å². The number of hydrogen-bond donors (Lipinski definition) is 0. The molecule has 0 heterocycles. The van der Waals surface area contributed by atoms with Gasteiger partial charge in [-0.15, -0.1) is 0 Å². The van der Waals surface area contributed by atoms with Crippen LogP contribution in [0.25, 0.3) is 0 Å². The molecule has 0 fully saturated rings. The maximum Gasteiger partial charge on any atom is 0.306 e. The molecule has 0 aromatic heterocycles. The molecule has 81 heavy (non-hydrogen) atoms. The summed E-state index contributed by atoms with van der Waals surface area (Å²) in [6.07, 6.45) is 95.9. The quantitative estimate of drug-likeness (QED) is 0.0261. The first kappa shape index (κ1) is 76.5. The third-order valence-electron chi connectivity index (χ3n) is 14.1. The van der Waals surface area contributed by atoms with Gasteiger partial charge in [0.25, 0.3) is 0 Å². The standard InChI is InChI=1S/C75H124O6/c1-4-7-10-13-16-19-22-25-28-31-34-36-37-39-41-44-47-50-53-56-59-62-65-68-74(77)80-71-72(70-79-73(76)67-64-61-58-55-52-49-46-43-40-33-30-27-24-21-18-15-12-9-6-3)81-75(78)69-66-63-60-57-54-51-48-45-42-38-35-32-29-26-23-20-17-14-11-8-5-2/h7-8,10-11,16-21,25-30,34-36,38,45,48,72H,4-6,9,12-15,22-24,31-33,37,39-44,46-47,49-71H2,1-3H3/b10-7-,11-8-,19-16-,20-17-,21-18-,28-25-,29-26-,30-27-,36-34-,38-35-,48-45-. The number of unbranched alkanes of at least 4 members (excludes halogenated alkanes) is 27. The summed E-state index contributed by atoms with van der Waals surface area (Å²) in [4.78, 5) is 38.5. The van der Waals surface area contributed by atoms with E-state index in [-0.39, 0.29) is 31.1 Å². The summed E-state index contributed by atoms with van der Waals surface area (Å²) in [7, 11) is 0. The van der Waals surface area contributed by atoms with Crippen molar-refractivity contribution in [1.29, 1.82) is 0 Å². The monoisotopic (exact) mass is 1120 g/mol. The number of carbonyl (C=O) groups excluding carboxylic acids is 3. The molecule has 0 aromatic rings. The van der Waals surface area contributed by atoms with Gasteiger partial charge in [-0.1, -0.05) is 283 Å². The van der Waals surface area contributed by atoms with Gasteiger partial charge in [0.2, 0.25) is 0 Å². The molecule has 0 saturated carbocycles. The summed E-state index contributed by atoms with van der Waals surface area (Å²) < 4.78 is 17.0. The van der Waals surface area contributed by atoms with Gasteiger partial charge in [0.05, 0.1) is 0 Å². The fourth-order valence-electron chi connectivity index (χ4n) is 9.14. The van der Waals surface area contributed by atoms with E-state index in [9.17, 15) is 14.4 Å². The Hall–Kier alpha value is -4.45. The molecule has 0 radical (unpaired) electrons. The first-order valence-corrected chi connectivity index (χ1v) is 33.7. The molecule has 0 spiro atoms. The first-order valence-electron chi connectivity index (χ1n) is 33.7. The molecule has 0 amide bonds. The minimum absolute atomic E-state index is 0.0924. The van der Waals surface area contributed by atoms with Crippen LogP contribution in [0.15, 0.2) is 134 Å². The number of carbonyl (C=O) groups is 3. The van der Waals surface area contributed by atoms with Crippen molar-refractivity contribution in [2.24, 2.45) is 0 Å². The Labute approximate surface area is 500 Å². The van der Waals surface area contributed by atoms with Gasteiger partial charge in [-0.2, -0.15) is 0 Å². The molecular weight excluding hydrogens is 997 g/mol. The smallest absolute Gasteiger partial charge is 0.306 e. The molecule has 6 nitrogen and oxygen atoms in total. The van der Waals surface area contributed by atoms with Crippen molar-refractivity contribution in [3.8, 4) is 0 Å². The van der Waals surface area contributed by atoms with Crippen molar-refractivity contribution >= 4 is 17.9 Å². The molecule has 0 aliphatic rings. The van der Waals surface area contributed by atoms with Crippen LogP contribution in [0.2, 0.25) is 0 Å². The topological polar surface area (TPSA) is 78.9 Å². The molecule has 0 saturated heterocycles. The number of rotatable bonds is 60. The van der Waals surface area contributed by atoms with Crippen molar-refractivity contribution in [3.05, 3.63) is 134 Å². The summed E-state index contributed by atoms with van der Waals surface area (Å²) in [5.41, 5.74) is 0. The summed E-state index contributed by atoms with van der Waals surface area (Å²) in [6, 6.07) is 0. The maximum atomic E-state index is 13.0. The van der Waals surface area contributed by atoms with Crippen molar-refractivity contribution in [1.82, 2.24) is 0 Å². The summed E-state index contributed by atoms with van der Waals surface area (Å²) in [6.45, 7) is 6.39. The molecule has 0 bridgehead atoms. The third-order valence-corrected chi connectivity index (χ3v) is 14.1. The highest BCUT2D eigenvalue weighted by Crippen LogP contribution is 2.16. The summed E-state index contributed by atoms with van der Waals surface area (Å²) in [5, 5.41) is 0.